The average molecular weight is 234 g/mol. The van der Waals surface area contributed by atoms with E-state index in [1.807, 2.05) is 30.3 Å². The molecule has 0 saturated heterocycles. The molecule has 4 heteroatoms. The van der Waals surface area contributed by atoms with Gasteiger partial charge in [-0.2, -0.15) is 0 Å². The van der Waals surface area contributed by atoms with Crippen LogP contribution in [0.2, 0.25) is 0 Å². The molecule has 0 radical (unpaired) electrons. The summed E-state index contributed by atoms with van der Waals surface area (Å²) in [7, 11) is 0. The van der Waals surface area contributed by atoms with Gasteiger partial charge in [0.25, 0.3) is 0 Å². The van der Waals surface area contributed by atoms with Crippen molar-refractivity contribution in [3.8, 4) is 0 Å². The first-order chi connectivity index (χ1) is 8.25. The Hall–Kier alpha value is -1.55. The van der Waals surface area contributed by atoms with Crippen molar-refractivity contribution in [2.24, 2.45) is 5.92 Å². The van der Waals surface area contributed by atoms with Gasteiger partial charge in [-0.25, -0.2) is 4.79 Å². The van der Waals surface area contributed by atoms with E-state index in [4.69, 9.17) is 0 Å². The third kappa shape index (κ3) is 3.46. The smallest absolute Gasteiger partial charge is 0.319 e. The zero-order chi connectivity index (χ0) is 12.1. The highest BCUT2D eigenvalue weighted by Crippen LogP contribution is 2.24. The Morgan fingerprint density at radius 3 is 2.71 bits per heavy atom. The van der Waals surface area contributed by atoms with Crippen LogP contribution in [-0.2, 0) is 0 Å². The Labute approximate surface area is 101 Å². The molecular weight excluding hydrogens is 216 g/mol. The SMILES string of the molecule is O=C(NCC1CCCC1O)Nc1ccccc1. The van der Waals surface area contributed by atoms with Crippen molar-refractivity contribution in [1.82, 2.24) is 5.32 Å². The van der Waals surface area contributed by atoms with Crippen LogP contribution in [0.5, 0.6) is 0 Å². The quantitative estimate of drug-likeness (QED) is 0.748. The number of rotatable bonds is 3. The second-order valence-corrected chi connectivity index (χ2v) is 4.46. The second kappa shape index (κ2) is 5.68. The first-order valence-corrected chi connectivity index (χ1v) is 6.03. The van der Waals surface area contributed by atoms with Gasteiger partial charge in [0.1, 0.15) is 0 Å². The number of amides is 2. The lowest BCUT2D eigenvalue weighted by Gasteiger charge is -2.15. The van der Waals surface area contributed by atoms with Gasteiger partial charge in [0, 0.05) is 18.2 Å². The molecule has 0 aromatic heterocycles. The fourth-order valence-corrected chi connectivity index (χ4v) is 2.18. The van der Waals surface area contributed by atoms with Crippen molar-refractivity contribution in [2.75, 3.05) is 11.9 Å². The molecule has 0 bridgehead atoms. The van der Waals surface area contributed by atoms with Crippen molar-refractivity contribution >= 4 is 11.7 Å². The number of nitrogens with one attached hydrogen (secondary N) is 2. The summed E-state index contributed by atoms with van der Waals surface area (Å²) in [6.07, 6.45) is 2.64. The van der Waals surface area contributed by atoms with Crippen LogP contribution in [0.3, 0.4) is 0 Å². The Balaban J connectivity index is 1.74. The third-order valence-corrected chi connectivity index (χ3v) is 3.18. The van der Waals surface area contributed by atoms with Crippen LogP contribution in [-0.4, -0.2) is 23.8 Å². The van der Waals surface area contributed by atoms with Gasteiger partial charge in [-0.15, -0.1) is 0 Å². The minimum absolute atomic E-state index is 0.205. The molecule has 4 nitrogen and oxygen atoms in total. The van der Waals surface area contributed by atoms with Crippen LogP contribution in [0.25, 0.3) is 0 Å². The number of aliphatic hydroxyl groups excluding tert-OH is 1. The third-order valence-electron chi connectivity index (χ3n) is 3.18. The van der Waals surface area contributed by atoms with E-state index in [0.717, 1.165) is 24.9 Å². The predicted octanol–water partition coefficient (Wildman–Crippen LogP) is 1.97. The average Bonchev–Trinajstić information content (AvgIpc) is 2.74. The van der Waals surface area contributed by atoms with Gasteiger partial charge in [0.2, 0.25) is 0 Å². The molecule has 92 valence electrons. The zero-order valence-electron chi connectivity index (χ0n) is 9.73. The molecule has 1 saturated carbocycles. The highest BCUT2D eigenvalue weighted by molar-refractivity contribution is 5.89. The van der Waals surface area contributed by atoms with E-state index in [9.17, 15) is 9.90 Å². The summed E-state index contributed by atoms with van der Waals surface area (Å²) in [5, 5.41) is 15.2. The Bertz CT molecular complexity index is 367. The molecule has 1 aliphatic rings. The number of carbonyl (C=O) groups excluding carboxylic acids is 1. The topological polar surface area (TPSA) is 61.4 Å². The minimum Gasteiger partial charge on any atom is -0.393 e. The highest BCUT2D eigenvalue weighted by atomic mass is 16.3. The van der Waals surface area contributed by atoms with E-state index >= 15 is 0 Å². The van der Waals surface area contributed by atoms with Crippen LogP contribution >= 0.6 is 0 Å². The number of para-hydroxylation sites is 1. The summed E-state index contributed by atoms with van der Waals surface area (Å²) in [4.78, 5) is 11.6. The molecule has 2 amide bonds. The Kier molecular flexibility index (Phi) is 3.98. The molecule has 17 heavy (non-hydrogen) atoms. The summed E-state index contributed by atoms with van der Waals surface area (Å²) in [5.41, 5.74) is 0.775. The number of anilines is 1. The summed E-state index contributed by atoms with van der Waals surface area (Å²) in [5.74, 6) is 0.205. The predicted molar refractivity (Wildman–Crippen MR) is 66.8 cm³/mol. The molecule has 1 aliphatic carbocycles. The second-order valence-electron chi connectivity index (χ2n) is 4.46. The van der Waals surface area contributed by atoms with E-state index in [1.165, 1.54) is 0 Å². The zero-order valence-corrected chi connectivity index (χ0v) is 9.73. The van der Waals surface area contributed by atoms with E-state index in [0.29, 0.717) is 6.54 Å². The van der Waals surface area contributed by atoms with Gasteiger partial charge in [-0.05, 0) is 25.0 Å². The van der Waals surface area contributed by atoms with Crippen molar-refractivity contribution in [3.05, 3.63) is 30.3 Å². The van der Waals surface area contributed by atoms with Gasteiger partial charge in [0.05, 0.1) is 6.10 Å². The maximum atomic E-state index is 11.6. The summed E-state index contributed by atoms with van der Waals surface area (Å²) in [6, 6.07) is 9.11. The molecule has 1 aromatic rings. The molecule has 2 atom stereocenters. The van der Waals surface area contributed by atoms with Crippen molar-refractivity contribution in [3.63, 3.8) is 0 Å². The van der Waals surface area contributed by atoms with Crippen LogP contribution < -0.4 is 10.6 Å². The monoisotopic (exact) mass is 234 g/mol. The van der Waals surface area contributed by atoms with Crippen molar-refractivity contribution < 1.29 is 9.90 Å². The van der Waals surface area contributed by atoms with E-state index in [2.05, 4.69) is 10.6 Å². The first-order valence-electron chi connectivity index (χ1n) is 6.03. The molecule has 0 heterocycles. The van der Waals surface area contributed by atoms with Crippen molar-refractivity contribution in [1.29, 1.82) is 0 Å². The Morgan fingerprint density at radius 2 is 2.06 bits per heavy atom. The lowest BCUT2D eigenvalue weighted by atomic mass is 10.1. The minimum atomic E-state index is -0.257. The van der Waals surface area contributed by atoms with Gasteiger partial charge in [0.15, 0.2) is 0 Å². The van der Waals surface area contributed by atoms with E-state index < -0.39 is 0 Å². The number of urea groups is 1. The fourth-order valence-electron chi connectivity index (χ4n) is 2.18. The van der Waals surface area contributed by atoms with Crippen LogP contribution in [0.1, 0.15) is 19.3 Å². The van der Waals surface area contributed by atoms with E-state index in [1.54, 1.807) is 0 Å². The standard InChI is InChI=1S/C13H18N2O2/c16-12-8-4-5-10(12)9-14-13(17)15-11-6-2-1-3-7-11/h1-3,6-7,10,12,16H,4-5,8-9H2,(H2,14,15,17). The lowest BCUT2D eigenvalue weighted by molar-refractivity contribution is 0.133. The van der Waals surface area contributed by atoms with Crippen LogP contribution in [0, 0.1) is 5.92 Å². The molecule has 0 aliphatic heterocycles. The Morgan fingerprint density at radius 1 is 1.29 bits per heavy atom. The molecular formula is C13H18N2O2. The summed E-state index contributed by atoms with van der Waals surface area (Å²) >= 11 is 0. The van der Waals surface area contributed by atoms with Gasteiger partial charge in [-0.3, -0.25) is 0 Å². The number of hydrogen-bond acceptors (Lipinski definition) is 2. The molecule has 2 unspecified atom stereocenters. The molecule has 1 aromatic carbocycles. The first kappa shape index (κ1) is 11.9. The molecule has 2 rings (SSSR count). The summed E-state index contributed by atoms with van der Waals surface area (Å²) < 4.78 is 0. The lowest BCUT2D eigenvalue weighted by Crippen LogP contribution is -2.35. The van der Waals surface area contributed by atoms with Crippen LogP contribution in [0.15, 0.2) is 30.3 Å². The van der Waals surface area contributed by atoms with E-state index in [-0.39, 0.29) is 18.1 Å². The molecule has 0 spiro atoms. The molecule has 3 N–H and O–H groups in total. The number of hydrogen-bond donors (Lipinski definition) is 3. The fraction of sp³-hybridized carbons (Fsp3) is 0.462. The summed E-state index contributed by atoms with van der Waals surface area (Å²) in [6.45, 7) is 0.542. The van der Waals surface area contributed by atoms with Crippen molar-refractivity contribution in [2.45, 2.75) is 25.4 Å². The maximum absolute atomic E-state index is 11.6. The normalized spacial score (nSPS) is 23.4. The maximum Gasteiger partial charge on any atom is 0.319 e. The van der Waals surface area contributed by atoms with Crippen LogP contribution in [0.4, 0.5) is 10.5 Å². The molecule has 1 fully saturated rings. The number of carbonyl (C=O) groups is 1. The number of aliphatic hydroxyl groups is 1. The highest BCUT2D eigenvalue weighted by Gasteiger charge is 2.25. The van der Waals surface area contributed by atoms with Gasteiger partial charge < -0.3 is 15.7 Å². The largest absolute Gasteiger partial charge is 0.393 e. The van der Waals surface area contributed by atoms with Gasteiger partial charge in [-0.1, -0.05) is 24.6 Å². The van der Waals surface area contributed by atoms with Gasteiger partial charge >= 0.3 is 6.03 Å². The number of benzene rings is 1.